The fourth-order valence-corrected chi connectivity index (χ4v) is 3.13. The number of carbonyl (C=O) groups excluding carboxylic acids is 1. The van der Waals surface area contributed by atoms with Crippen molar-refractivity contribution in [3.8, 4) is 0 Å². The van der Waals surface area contributed by atoms with Crippen molar-refractivity contribution in [1.29, 1.82) is 0 Å². The largest absolute Gasteiger partial charge is 0.362 e. The molecule has 0 aliphatic rings. The second kappa shape index (κ2) is 6.55. The quantitative estimate of drug-likeness (QED) is 0.874. The first-order chi connectivity index (χ1) is 10.7. The first-order valence-corrected chi connectivity index (χ1v) is 8.61. The average Bonchev–Trinajstić information content (AvgIpc) is 2.82. The summed E-state index contributed by atoms with van der Waals surface area (Å²) in [7, 11) is -0.541. The molecule has 0 fully saturated rings. The molecule has 1 aromatic carbocycles. The van der Waals surface area contributed by atoms with Crippen LogP contribution in [0.25, 0.3) is 0 Å². The summed E-state index contributed by atoms with van der Waals surface area (Å²) in [6, 6.07) is 7.90. The number of carbonyl (C=O) groups is 1. The lowest BCUT2D eigenvalue weighted by atomic mass is 10.2. The lowest BCUT2D eigenvalue weighted by Crippen LogP contribution is -2.24. The molecule has 0 atom stereocenters. The van der Waals surface area contributed by atoms with Crippen molar-refractivity contribution in [1.82, 2.24) is 14.6 Å². The molecule has 1 aromatic heterocycles. The molecule has 23 heavy (non-hydrogen) atoms. The fourth-order valence-electron chi connectivity index (χ4n) is 2.23. The third-order valence-corrected chi connectivity index (χ3v) is 5.42. The van der Waals surface area contributed by atoms with E-state index in [9.17, 15) is 13.2 Å². The number of hydrogen-bond donors (Lipinski definition) is 2. The molecule has 1 amide bonds. The van der Waals surface area contributed by atoms with Gasteiger partial charge in [0.05, 0.1) is 4.90 Å². The topological polar surface area (TPSA) is 82.3 Å². The monoisotopic (exact) mass is 335 g/mol. The van der Waals surface area contributed by atoms with Gasteiger partial charge in [0.15, 0.2) is 0 Å². The van der Waals surface area contributed by atoms with Crippen LogP contribution in [0.4, 0.5) is 0 Å². The van der Waals surface area contributed by atoms with Crippen molar-refractivity contribution in [2.45, 2.75) is 25.3 Å². The van der Waals surface area contributed by atoms with Crippen molar-refractivity contribution in [2.75, 3.05) is 14.1 Å². The molecule has 7 heteroatoms. The fraction of sp³-hybridized carbons (Fsp3) is 0.312. The number of nitrogens with zero attached hydrogens (tertiary/aromatic N) is 1. The highest BCUT2D eigenvalue weighted by atomic mass is 32.2. The Morgan fingerprint density at radius 3 is 2.26 bits per heavy atom. The predicted molar refractivity (Wildman–Crippen MR) is 88.8 cm³/mol. The second-order valence-corrected chi connectivity index (χ2v) is 7.75. The zero-order chi connectivity index (χ0) is 17.2. The summed E-state index contributed by atoms with van der Waals surface area (Å²) in [4.78, 5) is 15.5. The summed E-state index contributed by atoms with van der Waals surface area (Å²) >= 11 is 0. The van der Waals surface area contributed by atoms with Crippen LogP contribution in [0.1, 0.15) is 27.3 Å². The van der Waals surface area contributed by atoms with E-state index in [1.807, 2.05) is 19.9 Å². The van der Waals surface area contributed by atoms with Crippen LogP contribution >= 0.6 is 0 Å². The third kappa shape index (κ3) is 3.80. The summed E-state index contributed by atoms with van der Waals surface area (Å²) in [6.45, 7) is 4.34. The van der Waals surface area contributed by atoms with E-state index in [4.69, 9.17) is 0 Å². The van der Waals surface area contributed by atoms with Gasteiger partial charge in [-0.2, -0.15) is 0 Å². The first kappa shape index (κ1) is 17.2. The van der Waals surface area contributed by atoms with Gasteiger partial charge in [0.1, 0.15) is 0 Å². The van der Waals surface area contributed by atoms with Crippen molar-refractivity contribution >= 4 is 15.9 Å². The van der Waals surface area contributed by atoms with Gasteiger partial charge in [-0.25, -0.2) is 12.7 Å². The molecule has 2 aromatic rings. The Kier molecular flexibility index (Phi) is 4.91. The number of aromatic nitrogens is 1. The molecular weight excluding hydrogens is 314 g/mol. The smallest absolute Gasteiger partial charge is 0.251 e. The van der Waals surface area contributed by atoms with E-state index in [1.54, 1.807) is 0 Å². The number of amides is 1. The number of nitrogens with one attached hydrogen (secondary N) is 2. The average molecular weight is 335 g/mol. The van der Waals surface area contributed by atoms with Crippen molar-refractivity contribution in [3.05, 3.63) is 52.8 Å². The molecule has 2 N–H and O–H groups in total. The number of hydrogen-bond acceptors (Lipinski definition) is 3. The van der Waals surface area contributed by atoms with Gasteiger partial charge in [-0.1, -0.05) is 0 Å². The maximum atomic E-state index is 12.1. The Labute approximate surface area is 136 Å². The van der Waals surface area contributed by atoms with Crippen molar-refractivity contribution in [3.63, 3.8) is 0 Å². The highest BCUT2D eigenvalue weighted by Gasteiger charge is 2.17. The lowest BCUT2D eigenvalue weighted by Gasteiger charge is -2.11. The van der Waals surface area contributed by atoms with Gasteiger partial charge < -0.3 is 10.3 Å². The highest BCUT2D eigenvalue weighted by molar-refractivity contribution is 7.89. The van der Waals surface area contributed by atoms with E-state index in [1.165, 1.54) is 38.4 Å². The lowest BCUT2D eigenvalue weighted by molar-refractivity contribution is 0.0951. The predicted octanol–water partition coefficient (Wildman–Crippen LogP) is 1.81. The number of benzene rings is 1. The molecule has 0 saturated carbocycles. The van der Waals surface area contributed by atoms with Gasteiger partial charge in [0.2, 0.25) is 10.0 Å². The Hall–Kier alpha value is -2.12. The van der Waals surface area contributed by atoms with Gasteiger partial charge in [0, 0.05) is 37.6 Å². The van der Waals surface area contributed by atoms with Gasteiger partial charge in [0.25, 0.3) is 5.91 Å². The molecule has 0 unspecified atom stereocenters. The van der Waals surface area contributed by atoms with E-state index >= 15 is 0 Å². The summed E-state index contributed by atoms with van der Waals surface area (Å²) in [5, 5.41) is 2.83. The normalized spacial score (nSPS) is 11.7. The van der Waals surface area contributed by atoms with Crippen LogP contribution in [0.3, 0.4) is 0 Å². The standard InChI is InChI=1S/C16H21N3O3S/c1-11-9-14(12(2)18-11)10-17-16(20)13-5-7-15(8-6-13)23(21,22)19(3)4/h5-9,18H,10H2,1-4H3,(H,17,20). The minimum absolute atomic E-state index is 0.163. The van der Waals surface area contributed by atoms with Gasteiger partial charge in [-0.05, 0) is 49.7 Å². The zero-order valence-corrected chi connectivity index (χ0v) is 14.5. The first-order valence-electron chi connectivity index (χ1n) is 7.17. The Morgan fingerprint density at radius 2 is 1.78 bits per heavy atom. The Balaban J connectivity index is 2.07. The van der Waals surface area contributed by atoms with Crippen LogP contribution in [0, 0.1) is 13.8 Å². The molecule has 0 radical (unpaired) electrons. The molecule has 124 valence electrons. The molecule has 0 aliphatic heterocycles. The van der Waals surface area contributed by atoms with Gasteiger partial charge in [-0.15, -0.1) is 0 Å². The van der Waals surface area contributed by atoms with Crippen LogP contribution in [-0.2, 0) is 16.6 Å². The zero-order valence-electron chi connectivity index (χ0n) is 13.7. The molecule has 1 heterocycles. The molecule has 2 rings (SSSR count). The van der Waals surface area contributed by atoms with Crippen molar-refractivity contribution in [2.24, 2.45) is 0 Å². The molecule has 0 aliphatic carbocycles. The number of aryl methyl sites for hydroxylation is 2. The van der Waals surface area contributed by atoms with E-state index in [-0.39, 0.29) is 10.8 Å². The third-order valence-electron chi connectivity index (χ3n) is 3.59. The van der Waals surface area contributed by atoms with Crippen LogP contribution in [-0.4, -0.2) is 37.7 Å². The minimum atomic E-state index is -3.48. The summed E-state index contributed by atoms with van der Waals surface area (Å²) in [5.41, 5.74) is 3.52. The van der Waals surface area contributed by atoms with E-state index in [0.717, 1.165) is 21.3 Å². The maximum Gasteiger partial charge on any atom is 0.251 e. The van der Waals surface area contributed by atoms with Crippen LogP contribution in [0.15, 0.2) is 35.2 Å². The Morgan fingerprint density at radius 1 is 1.17 bits per heavy atom. The van der Waals surface area contributed by atoms with E-state index in [0.29, 0.717) is 12.1 Å². The number of sulfonamides is 1. The summed E-state index contributed by atoms with van der Waals surface area (Å²) in [6.07, 6.45) is 0. The molecular formula is C16H21N3O3S. The van der Waals surface area contributed by atoms with Crippen LogP contribution in [0.2, 0.25) is 0 Å². The molecule has 0 spiro atoms. The maximum absolute atomic E-state index is 12.1. The van der Waals surface area contributed by atoms with Crippen LogP contribution < -0.4 is 5.32 Å². The van der Waals surface area contributed by atoms with Crippen molar-refractivity contribution < 1.29 is 13.2 Å². The molecule has 0 bridgehead atoms. The highest BCUT2D eigenvalue weighted by Crippen LogP contribution is 2.14. The Bertz CT molecular complexity index is 806. The summed E-state index contributed by atoms with van der Waals surface area (Å²) in [5.74, 6) is -0.239. The number of aromatic amines is 1. The molecule has 6 nitrogen and oxygen atoms in total. The van der Waals surface area contributed by atoms with Gasteiger partial charge in [-0.3, -0.25) is 4.79 Å². The van der Waals surface area contributed by atoms with Gasteiger partial charge >= 0.3 is 0 Å². The SMILES string of the molecule is Cc1cc(CNC(=O)c2ccc(S(=O)(=O)N(C)C)cc2)c(C)[nH]1. The summed E-state index contributed by atoms with van der Waals surface area (Å²) < 4.78 is 25.1. The van der Waals surface area contributed by atoms with Crippen LogP contribution in [0.5, 0.6) is 0 Å². The van der Waals surface area contributed by atoms with E-state index < -0.39 is 10.0 Å². The number of rotatable bonds is 5. The minimum Gasteiger partial charge on any atom is -0.362 e. The van der Waals surface area contributed by atoms with E-state index in [2.05, 4.69) is 10.3 Å². The molecule has 0 saturated heterocycles. The number of H-pyrrole nitrogens is 1. The second-order valence-electron chi connectivity index (χ2n) is 5.60.